The molecular weight excluding hydrogens is 340 g/mol. The van der Waals surface area contributed by atoms with E-state index in [1.54, 1.807) is 30.5 Å². The smallest absolute Gasteiger partial charge is 0.255 e. The molecule has 27 heavy (non-hydrogen) atoms. The second-order valence-electron chi connectivity index (χ2n) is 6.14. The minimum Gasteiger partial charge on any atom is -0.340 e. The molecule has 3 aromatic rings. The Morgan fingerprint density at radius 3 is 2.33 bits per heavy atom. The number of hydrogen-bond acceptors (Lipinski definition) is 4. The summed E-state index contributed by atoms with van der Waals surface area (Å²) in [4.78, 5) is 27.9. The van der Waals surface area contributed by atoms with Gasteiger partial charge in [-0.1, -0.05) is 23.8 Å². The number of aryl methyl sites for hydroxylation is 1. The van der Waals surface area contributed by atoms with Crippen LogP contribution < -0.4 is 16.0 Å². The van der Waals surface area contributed by atoms with Crippen molar-refractivity contribution in [2.24, 2.45) is 0 Å². The number of rotatable bonds is 5. The van der Waals surface area contributed by atoms with Gasteiger partial charge in [-0.2, -0.15) is 0 Å². The molecule has 0 aliphatic heterocycles. The minimum atomic E-state index is -0.212. The number of hydrogen-bond donors (Lipinski definition) is 3. The van der Waals surface area contributed by atoms with Gasteiger partial charge in [0.05, 0.1) is 0 Å². The van der Waals surface area contributed by atoms with Gasteiger partial charge in [0.1, 0.15) is 5.82 Å². The number of nitrogens with one attached hydrogen (secondary N) is 3. The average molecular weight is 360 g/mol. The van der Waals surface area contributed by atoms with Crippen molar-refractivity contribution in [3.63, 3.8) is 0 Å². The summed E-state index contributed by atoms with van der Waals surface area (Å²) in [6, 6.07) is 18.2. The summed E-state index contributed by atoms with van der Waals surface area (Å²) < 4.78 is 0. The zero-order valence-electron chi connectivity index (χ0n) is 15.1. The predicted molar refractivity (Wildman–Crippen MR) is 107 cm³/mol. The van der Waals surface area contributed by atoms with E-state index in [1.165, 1.54) is 6.92 Å². The lowest BCUT2D eigenvalue weighted by molar-refractivity contribution is -0.114. The van der Waals surface area contributed by atoms with Gasteiger partial charge in [-0.25, -0.2) is 4.98 Å². The van der Waals surface area contributed by atoms with Gasteiger partial charge >= 0.3 is 0 Å². The molecule has 2 amide bonds. The van der Waals surface area contributed by atoms with E-state index >= 15 is 0 Å². The Morgan fingerprint density at radius 2 is 1.59 bits per heavy atom. The molecule has 0 bridgehead atoms. The van der Waals surface area contributed by atoms with E-state index in [-0.39, 0.29) is 11.8 Å². The number of anilines is 4. The molecule has 6 nitrogen and oxygen atoms in total. The Labute approximate surface area is 157 Å². The molecule has 0 atom stereocenters. The number of carbonyl (C=O) groups is 2. The van der Waals surface area contributed by atoms with Crippen molar-refractivity contribution >= 4 is 34.7 Å². The quantitative estimate of drug-likeness (QED) is 0.632. The Morgan fingerprint density at radius 1 is 0.852 bits per heavy atom. The van der Waals surface area contributed by atoms with Gasteiger partial charge in [-0.3, -0.25) is 9.59 Å². The summed E-state index contributed by atoms with van der Waals surface area (Å²) in [7, 11) is 0. The molecule has 136 valence electrons. The molecule has 0 spiro atoms. The largest absolute Gasteiger partial charge is 0.340 e. The second kappa shape index (κ2) is 8.14. The van der Waals surface area contributed by atoms with Crippen molar-refractivity contribution in [3.05, 3.63) is 78.0 Å². The van der Waals surface area contributed by atoms with Crippen LogP contribution in [0.2, 0.25) is 0 Å². The fourth-order valence-electron chi connectivity index (χ4n) is 2.51. The van der Waals surface area contributed by atoms with Crippen LogP contribution in [-0.4, -0.2) is 16.8 Å². The Kier molecular flexibility index (Phi) is 5.47. The highest BCUT2D eigenvalue weighted by Crippen LogP contribution is 2.20. The Bertz CT molecular complexity index is 968. The van der Waals surface area contributed by atoms with Gasteiger partial charge in [0, 0.05) is 35.7 Å². The van der Waals surface area contributed by atoms with Crippen LogP contribution >= 0.6 is 0 Å². The lowest BCUT2D eigenvalue weighted by atomic mass is 10.2. The highest BCUT2D eigenvalue weighted by atomic mass is 16.2. The molecule has 0 unspecified atom stereocenters. The van der Waals surface area contributed by atoms with Crippen LogP contribution in [0.3, 0.4) is 0 Å². The maximum atomic E-state index is 12.5. The lowest BCUT2D eigenvalue weighted by Crippen LogP contribution is -2.12. The van der Waals surface area contributed by atoms with E-state index < -0.39 is 0 Å². The normalized spacial score (nSPS) is 10.1. The number of carbonyl (C=O) groups excluding carboxylic acids is 2. The van der Waals surface area contributed by atoms with Gasteiger partial charge in [0.2, 0.25) is 5.91 Å². The minimum absolute atomic E-state index is 0.139. The standard InChI is InChI=1S/C21H20N4O2/c1-14-6-8-17(9-7-14)25-21(27)16-10-11-22-20(12-16)24-19-5-3-4-18(13-19)23-15(2)26/h3-13H,1-2H3,(H,22,24)(H,23,26)(H,25,27). The summed E-state index contributed by atoms with van der Waals surface area (Å²) in [6.07, 6.45) is 1.57. The van der Waals surface area contributed by atoms with Gasteiger partial charge in [-0.05, 0) is 49.4 Å². The summed E-state index contributed by atoms with van der Waals surface area (Å²) in [6.45, 7) is 3.45. The first-order valence-electron chi connectivity index (χ1n) is 8.48. The molecule has 0 aliphatic rings. The molecule has 3 N–H and O–H groups in total. The van der Waals surface area contributed by atoms with Gasteiger partial charge in [-0.15, -0.1) is 0 Å². The van der Waals surface area contributed by atoms with E-state index in [0.717, 1.165) is 16.9 Å². The molecule has 1 heterocycles. The summed E-state index contributed by atoms with van der Waals surface area (Å²) in [5.74, 6) is 0.183. The van der Waals surface area contributed by atoms with E-state index in [2.05, 4.69) is 20.9 Å². The van der Waals surface area contributed by atoms with Crippen molar-refractivity contribution in [1.82, 2.24) is 4.98 Å². The first-order valence-corrected chi connectivity index (χ1v) is 8.48. The molecule has 2 aromatic carbocycles. The third-order valence-electron chi connectivity index (χ3n) is 3.79. The molecule has 0 saturated heterocycles. The number of benzene rings is 2. The Balaban J connectivity index is 1.72. The monoisotopic (exact) mass is 360 g/mol. The molecule has 6 heteroatoms. The maximum Gasteiger partial charge on any atom is 0.255 e. The van der Waals surface area contributed by atoms with Crippen LogP contribution in [0, 0.1) is 6.92 Å². The second-order valence-corrected chi connectivity index (χ2v) is 6.14. The maximum absolute atomic E-state index is 12.5. The van der Waals surface area contributed by atoms with Crippen LogP contribution in [0.25, 0.3) is 0 Å². The summed E-state index contributed by atoms with van der Waals surface area (Å²) in [5, 5.41) is 8.74. The first-order chi connectivity index (χ1) is 13.0. The van der Waals surface area contributed by atoms with E-state index in [4.69, 9.17) is 0 Å². The first kappa shape index (κ1) is 18.1. The SMILES string of the molecule is CC(=O)Nc1cccc(Nc2cc(C(=O)Nc3ccc(C)cc3)ccn2)c1. The summed E-state index contributed by atoms with van der Waals surface area (Å²) in [5.41, 5.74) is 3.79. The molecule has 3 rings (SSSR count). The van der Waals surface area contributed by atoms with Crippen LogP contribution in [0.15, 0.2) is 66.9 Å². The zero-order valence-corrected chi connectivity index (χ0v) is 15.1. The third-order valence-corrected chi connectivity index (χ3v) is 3.79. The lowest BCUT2D eigenvalue weighted by Gasteiger charge is -2.10. The third kappa shape index (κ3) is 5.15. The van der Waals surface area contributed by atoms with Crippen molar-refractivity contribution in [2.45, 2.75) is 13.8 Å². The van der Waals surface area contributed by atoms with Crippen LogP contribution in [0.4, 0.5) is 22.9 Å². The molecule has 1 aromatic heterocycles. The highest BCUT2D eigenvalue weighted by Gasteiger charge is 2.08. The van der Waals surface area contributed by atoms with E-state index in [9.17, 15) is 9.59 Å². The van der Waals surface area contributed by atoms with Crippen molar-refractivity contribution in [3.8, 4) is 0 Å². The summed E-state index contributed by atoms with van der Waals surface area (Å²) >= 11 is 0. The molecule has 0 aliphatic carbocycles. The molecule has 0 fully saturated rings. The molecule has 0 saturated carbocycles. The van der Waals surface area contributed by atoms with Crippen molar-refractivity contribution < 1.29 is 9.59 Å². The van der Waals surface area contributed by atoms with Gasteiger partial charge in [0.25, 0.3) is 5.91 Å². The van der Waals surface area contributed by atoms with Crippen molar-refractivity contribution in [1.29, 1.82) is 0 Å². The van der Waals surface area contributed by atoms with Gasteiger partial charge in [0.15, 0.2) is 0 Å². The number of aromatic nitrogens is 1. The van der Waals surface area contributed by atoms with E-state index in [1.807, 2.05) is 43.3 Å². The number of nitrogens with zero attached hydrogens (tertiary/aromatic N) is 1. The topological polar surface area (TPSA) is 83.1 Å². The Hall–Kier alpha value is -3.67. The highest BCUT2D eigenvalue weighted by molar-refractivity contribution is 6.04. The number of pyridine rings is 1. The van der Waals surface area contributed by atoms with Crippen LogP contribution in [0.1, 0.15) is 22.8 Å². The number of amides is 2. The van der Waals surface area contributed by atoms with Crippen LogP contribution in [0.5, 0.6) is 0 Å². The van der Waals surface area contributed by atoms with Crippen LogP contribution in [-0.2, 0) is 4.79 Å². The van der Waals surface area contributed by atoms with Crippen molar-refractivity contribution in [2.75, 3.05) is 16.0 Å². The zero-order chi connectivity index (χ0) is 19.2. The van der Waals surface area contributed by atoms with Gasteiger partial charge < -0.3 is 16.0 Å². The average Bonchev–Trinajstić information content (AvgIpc) is 2.63. The fraction of sp³-hybridized carbons (Fsp3) is 0.0952. The fourth-order valence-corrected chi connectivity index (χ4v) is 2.51. The predicted octanol–water partition coefficient (Wildman–Crippen LogP) is 4.34. The molecule has 0 radical (unpaired) electrons. The van der Waals surface area contributed by atoms with E-state index in [0.29, 0.717) is 17.1 Å². The molecular formula is C21H20N4O2.